The number of ether oxygens (including phenoxy) is 1. The van der Waals surface area contributed by atoms with E-state index in [1.807, 2.05) is 65.1 Å². The monoisotopic (exact) mass is 497 g/mol. The van der Waals surface area contributed by atoms with Crippen LogP contribution in [0.2, 0.25) is 0 Å². The lowest BCUT2D eigenvalue weighted by Crippen LogP contribution is -2.17. The van der Waals surface area contributed by atoms with Gasteiger partial charge in [0.15, 0.2) is 14.7 Å². The van der Waals surface area contributed by atoms with E-state index >= 15 is 0 Å². The number of carbonyl (C=O) groups is 1. The molecule has 0 spiro atoms. The Morgan fingerprint density at radius 2 is 1.44 bits per heavy atom. The maximum atomic E-state index is 13.8. The first-order valence-corrected chi connectivity index (χ1v) is 10.6. The summed E-state index contributed by atoms with van der Waals surface area (Å²) in [6, 6.07) is 20.1. The van der Waals surface area contributed by atoms with Gasteiger partial charge in [-0.25, -0.2) is 8.78 Å². The molecule has 0 aliphatic heterocycles. The molecule has 0 bridgehead atoms. The van der Waals surface area contributed by atoms with E-state index in [9.17, 15) is 13.6 Å². The molecule has 2 atom stereocenters. The Morgan fingerprint density at radius 1 is 0.889 bits per heavy atom. The quantitative estimate of drug-likeness (QED) is 0.147. The number of hydrogen-bond acceptors (Lipinski definition) is 2. The van der Waals surface area contributed by atoms with Crippen LogP contribution in [0.1, 0.15) is 6.92 Å². The van der Waals surface area contributed by atoms with Gasteiger partial charge in [0.05, 0.1) is 10.9 Å². The van der Waals surface area contributed by atoms with E-state index in [1.165, 1.54) is 12.1 Å². The lowest BCUT2D eigenvalue weighted by atomic mass is 10.3. The van der Waals surface area contributed by atoms with Gasteiger partial charge >= 0.3 is 5.97 Å². The van der Waals surface area contributed by atoms with Gasteiger partial charge in [-0.3, -0.25) is 4.79 Å². The third kappa shape index (κ3) is 5.07. The molecule has 0 fully saturated rings. The predicted molar refractivity (Wildman–Crippen MR) is 111 cm³/mol. The van der Waals surface area contributed by atoms with Crippen molar-refractivity contribution in [2.75, 3.05) is 0 Å². The third-order valence-corrected chi connectivity index (χ3v) is 6.36. The molecule has 2 unspecified atom stereocenters. The molecule has 0 radical (unpaired) electrons. The average molecular weight is 497 g/mol. The van der Waals surface area contributed by atoms with Gasteiger partial charge in [-0.1, -0.05) is 40.8 Å². The highest BCUT2D eigenvalue weighted by molar-refractivity contribution is 14.1. The van der Waals surface area contributed by atoms with E-state index in [4.69, 9.17) is 4.74 Å². The van der Waals surface area contributed by atoms with Crippen molar-refractivity contribution in [3.63, 3.8) is 0 Å². The van der Waals surface area contributed by atoms with E-state index in [1.54, 1.807) is 19.1 Å². The van der Waals surface area contributed by atoms with Crippen molar-refractivity contribution in [2.45, 2.75) is 25.5 Å². The summed E-state index contributed by atoms with van der Waals surface area (Å²) in [5, 5.41) is 0. The van der Waals surface area contributed by atoms with Crippen molar-refractivity contribution in [1.29, 1.82) is 0 Å². The first kappa shape index (κ1) is 19.8. The maximum Gasteiger partial charge on any atom is 0.323 e. The topological polar surface area (TPSA) is 26.3 Å². The number of hydrogen-bond donors (Lipinski definition) is 0. The lowest BCUT2D eigenvalue weighted by molar-refractivity contribution is -0.133. The van der Waals surface area contributed by atoms with Crippen molar-refractivity contribution < 1.29 is 18.3 Å². The fraction of sp³-hybridized carbons (Fsp3) is 0.0952. The second-order valence-electron chi connectivity index (χ2n) is 5.73. The smallest absolute Gasteiger partial charge is 0.323 e. The van der Waals surface area contributed by atoms with Crippen molar-refractivity contribution in [1.82, 2.24) is 0 Å². The van der Waals surface area contributed by atoms with Crippen LogP contribution >= 0.6 is 22.6 Å². The lowest BCUT2D eigenvalue weighted by Gasteiger charge is -2.10. The average Bonchev–Trinajstić information content (AvgIpc) is 2.63. The molecule has 6 heteroatoms. The van der Waals surface area contributed by atoms with Crippen LogP contribution in [-0.2, 0) is 15.7 Å². The molecule has 2 nitrogen and oxygen atoms in total. The van der Waals surface area contributed by atoms with Gasteiger partial charge in [0.1, 0.15) is 21.3 Å². The number of esters is 1. The molecule has 0 heterocycles. The van der Waals surface area contributed by atoms with Crippen molar-refractivity contribution >= 4 is 39.5 Å². The summed E-state index contributed by atoms with van der Waals surface area (Å²) in [4.78, 5) is 14.1. The minimum atomic E-state index is -0.687. The van der Waals surface area contributed by atoms with E-state index in [2.05, 4.69) is 0 Å². The van der Waals surface area contributed by atoms with Gasteiger partial charge in [0.25, 0.3) is 0 Å². The summed E-state index contributed by atoms with van der Waals surface area (Å²) in [6.07, 6.45) is 0. The highest BCUT2D eigenvalue weighted by atomic mass is 127. The number of halogens is 3. The molecule has 0 N–H and O–H groups in total. The third-order valence-electron chi connectivity index (χ3n) is 3.65. The number of rotatable bonds is 5. The van der Waals surface area contributed by atoms with Crippen LogP contribution in [0.15, 0.2) is 87.5 Å². The molecule has 0 aromatic heterocycles. The second-order valence-corrected chi connectivity index (χ2v) is 9.63. The Hall–Kier alpha value is -1.93. The van der Waals surface area contributed by atoms with Crippen molar-refractivity contribution in [2.24, 2.45) is 0 Å². The molecule has 138 valence electrons. The minimum Gasteiger partial charge on any atom is -0.426 e. The zero-order valence-corrected chi connectivity index (χ0v) is 17.3. The molecule has 0 amide bonds. The highest BCUT2D eigenvalue weighted by Gasteiger charge is 2.30. The van der Waals surface area contributed by atoms with Crippen LogP contribution in [0.5, 0.6) is 5.75 Å². The largest absolute Gasteiger partial charge is 0.426 e. The van der Waals surface area contributed by atoms with Gasteiger partial charge in [-0.05, 0) is 43.3 Å². The highest BCUT2D eigenvalue weighted by Crippen LogP contribution is 2.33. The normalized spacial score (nSPS) is 13.0. The standard InChI is InChI=1S/C21H16F2IO2S/c1-14(24)21(25)26-17-7-9-19(10-8-17)27(18-5-3-2-4-6-18)20-12-15(22)11-16(23)13-20/h2-14H,1H3/q+1. The Kier molecular flexibility index (Phi) is 6.49. The van der Waals surface area contributed by atoms with Crippen LogP contribution in [0.4, 0.5) is 8.78 Å². The molecule has 0 aliphatic carbocycles. The minimum absolute atomic E-state index is 0.253. The summed E-state index contributed by atoms with van der Waals surface area (Å²) >= 11 is 1.99. The molecule has 3 aromatic rings. The molecular weight excluding hydrogens is 481 g/mol. The van der Waals surface area contributed by atoms with Crippen LogP contribution in [0.3, 0.4) is 0 Å². The fourth-order valence-corrected chi connectivity index (χ4v) is 4.69. The number of alkyl halides is 1. The molecule has 3 rings (SSSR count). The van der Waals surface area contributed by atoms with Crippen LogP contribution in [-0.4, -0.2) is 9.89 Å². The zero-order chi connectivity index (χ0) is 19.4. The van der Waals surface area contributed by atoms with E-state index in [0.717, 1.165) is 15.9 Å². The summed E-state index contributed by atoms with van der Waals surface area (Å²) in [6.45, 7) is 1.75. The molecule has 0 aliphatic rings. The SMILES string of the molecule is CC(I)C(=O)Oc1ccc([S+](c2ccccc2)c2cc(F)cc(F)c2)cc1. The molecule has 0 saturated heterocycles. The van der Waals surface area contributed by atoms with Crippen LogP contribution in [0.25, 0.3) is 0 Å². The Bertz CT molecular complexity index is 910. The van der Waals surface area contributed by atoms with Gasteiger partial charge in [0, 0.05) is 18.2 Å². The maximum absolute atomic E-state index is 13.8. The molecule has 3 aromatic carbocycles. The van der Waals surface area contributed by atoms with Gasteiger partial charge in [-0.15, -0.1) is 0 Å². The first-order valence-electron chi connectivity index (χ1n) is 8.15. The molecular formula is C21H16F2IO2S+. The zero-order valence-electron chi connectivity index (χ0n) is 14.4. The van der Waals surface area contributed by atoms with Crippen molar-refractivity contribution in [3.8, 4) is 5.75 Å². The van der Waals surface area contributed by atoms with Gasteiger partial charge in [-0.2, -0.15) is 0 Å². The Labute approximate surface area is 173 Å². The van der Waals surface area contributed by atoms with Crippen LogP contribution < -0.4 is 4.74 Å². The summed E-state index contributed by atoms with van der Waals surface area (Å²) < 4.78 is 32.7. The van der Waals surface area contributed by atoms with E-state index < -0.39 is 22.5 Å². The van der Waals surface area contributed by atoms with Crippen LogP contribution in [0, 0.1) is 11.6 Å². The van der Waals surface area contributed by atoms with E-state index in [-0.39, 0.29) is 9.89 Å². The predicted octanol–water partition coefficient (Wildman–Crippen LogP) is 5.79. The Balaban J connectivity index is 2.00. The van der Waals surface area contributed by atoms with Gasteiger partial charge < -0.3 is 4.74 Å². The number of benzene rings is 3. The second kappa shape index (κ2) is 8.84. The molecule has 27 heavy (non-hydrogen) atoms. The fourth-order valence-electron chi connectivity index (χ4n) is 2.45. The summed E-state index contributed by atoms with van der Waals surface area (Å²) in [5.41, 5.74) is 0. The van der Waals surface area contributed by atoms with E-state index in [0.29, 0.717) is 10.6 Å². The Morgan fingerprint density at radius 3 is 2.00 bits per heavy atom. The van der Waals surface area contributed by atoms with Gasteiger partial charge in [0.2, 0.25) is 0 Å². The van der Waals surface area contributed by atoms with Crippen molar-refractivity contribution in [3.05, 3.63) is 84.4 Å². The molecule has 0 saturated carbocycles. The summed E-state index contributed by atoms with van der Waals surface area (Å²) in [7, 11) is -0.687. The first-order chi connectivity index (χ1) is 12.9. The number of carbonyl (C=O) groups excluding carboxylic acids is 1. The summed E-state index contributed by atoms with van der Waals surface area (Å²) in [5.74, 6) is -1.10.